The maximum atomic E-state index is 12.3. The number of amides is 2. The number of aromatic nitrogens is 1. The zero-order valence-corrected chi connectivity index (χ0v) is 12.2. The van der Waals surface area contributed by atoms with E-state index in [1.54, 1.807) is 12.4 Å². The maximum Gasteiger partial charge on any atom is 0.329 e. The number of carbonyl (C=O) groups excluding carboxylic acids is 1. The Labute approximate surface area is 124 Å². The fraction of sp³-hybridized carbons (Fsp3) is 0.533. The van der Waals surface area contributed by atoms with E-state index in [0.29, 0.717) is 25.9 Å². The SMILES string of the molecule is CCCC1(C(=O)O)CCCN1C(=O)NCc1ccncc1. The molecule has 1 aromatic heterocycles. The molecule has 1 saturated heterocycles. The van der Waals surface area contributed by atoms with Crippen LogP contribution in [0.4, 0.5) is 4.79 Å². The second-order valence-electron chi connectivity index (χ2n) is 5.36. The number of nitrogens with one attached hydrogen (secondary N) is 1. The number of nitrogens with zero attached hydrogens (tertiary/aromatic N) is 2. The summed E-state index contributed by atoms with van der Waals surface area (Å²) in [6, 6.07) is 3.33. The molecule has 1 aliphatic rings. The van der Waals surface area contributed by atoms with Gasteiger partial charge in [-0.25, -0.2) is 9.59 Å². The highest BCUT2D eigenvalue weighted by atomic mass is 16.4. The number of carbonyl (C=O) groups is 2. The summed E-state index contributed by atoms with van der Waals surface area (Å²) in [5, 5.41) is 12.4. The summed E-state index contributed by atoms with van der Waals surface area (Å²) < 4.78 is 0. The van der Waals surface area contributed by atoms with Gasteiger partial charge in [-0.1, -0.05) is 13.3 Å². The molecule has 0 bridgehead atoms. The van der Waals surface area contributed by atoms with E-state index in [2.05, 4.69) is 10.3 Å². The number of hydrogen-bond acceptors (Lipinski definition) is 3. The molecule has 0 radical (unpaired) electrons. The van der Waals surface area contributed by atoms with Gasteiger partial charge in [0.2, 0.25) is 0 Å². The van der Waals surface area contributed by atoms with E-state index in [-0.39, 0.29) is 6.03 Å². The number of rotatable bonds is 5. The Balaban J connectivity index is 2.05. The van der Waals surface area contributed by atoms with Crippen molar-refractivity contribution in [2.45, 2.75) is 44.7 Å². The van der Waals surface area contributed by atoms with Crippen LogP contribution in [0.5, 0.6) is 0 Å². The number of aliphatic carboxylic acids is 1. The molecule has 0 aliphatic carbocycles. The number of hydrogen-bond donors (Lipinski definition) is 2. The zero-order chi connectivity index (χ0) is 15.3. The number of likely N-dealkylation sites (tertiary alicyclic amines) is 1. The van der Waals surface area contributed by atoms with Crippen LogP contribution in [0, 0.1) is 0 Å². The molecular weight excluding hydrogens is 270 g/mol. The van der Waals surface area contributed by atoms with Gasteiger partial charge in [-0.3, -0.25) is 4.98 Å². The molecule has 114 valence electrons. The molecule has 1 atom stereocenters. The monoisotopic (exact) mass is 291 g/mol. The molecule has 6 heteroatoms. The fourth-order valence-electron chi connectivity index (χ4n) is 2.95. The van der Waals surface area contributed by atoms with E-state index in [0.717, 1.165) is 18.4 Å². The predicted molar refractivity (Wildman–Crippen MR) is 77.7 cm³/mol. The van der Waals surface area contributed by atoms with Gasteiger partial charge in [0, 0.05) is 25.5 Å². The highest BCUT2D eigenvalue weighted by Crippen LogP contribution is 2.34. The van der Waals surface area contributed by atoms with E-state index >= 15 is 0 Å². The zero-order valence-electron chi connectivity index (χ0n) is 12.2. The summed E-state index contributed by atoms with van der Waals surface area (Å²) >= 11 is 0. The topological polar surface area (TPSA) is 82.5 Å². The van der Waals surface area contributed by atoms with Crippen LogP contribution in [0.15, 0.2) is 24.5 Å². The molecule has 0 saturated carbocycles. The van der Waals surface area contributed by atoms with Gasteiger partial charge in [-0.15, -0.1) is 0 Å². The second-order valence-corrected chi connectivity index (χ2v) is 5.36. The molecular formula is C15H21N3O3. The maximum absolute atomic E-state index is 12.3. The summed E-state index contributed by atoms with van der Waals surface area (Å²) in [6.07, 6.45) is 5.81. The average molecular weight is 291 g/mol. The Morgan fingerprint density at radius 1 is 1.43 bits per heavy atom. The van der Waals surface area contributed by atoms with Crippen LogP contribution in [-0.4, -0.2) is 39.1 Å². The van der Waals surface area contributed by atoms with Crippen molar-refractivity contribution in [1.82, 2.24) is 15.2 Å². The van der Waals surface area contributed by atoms with Gasteiger partial charge < -0.3 is 15.3 Å². The Hall–Kier alpha value is -2.11. The third kappa shape index (κ3) is 3.15. The normalized spacial score (nSPS) is 21.3. The average Bonchev–Trinajstić information content (AvgIpc) is 2.91. The highest BCUT2D eigenvalue weighted by molar-refractivity contribution is 5.87. The van der Waals surface area contributed by atoms with Gasteiger partial charge in [0.25, 0.3) is 0 Å². The molecule has 0 aromatic carbocycles. The lowest BCUT2D eigenvalue weighted by molar-refractivity contribution is -0.148. The molecule has 1 unspecified atom stereocenters. The molecule has 2 rings (SSSR count). The summed E-state index contributed by atoms with van der Waals surface area (Å²) in [7, 11) is 0. The Bertz CT molecular complexity index is 506. The number of pyridine rings is 1. The van der Waals surface area contributed by atoms with Crippen LogP contribution in [-0.2, 0) is 11.3 Å². The van der Waals surface area contributed by atoms with E-state index in [1.807, 2.05) is 19.1 Å². The van der Waals surface area contributed by atoms with Gasteiger partial charge in [-0.05, 0) is 37.0 Å². The fourth-order valence-corrected chi connectivity index (χ4v) is 2.95. The van der Waals surface area contributed by atoms with Crippen LogP contribution in [0.1, 0.15) is 38.2 Å². The van der Waals surface area contributed by atoms with Crippen LogP contribution in [0.2, 0.25) is 0 Å². The van der Waals surface area contributed by atoms with E-state index in [4.69, 9.17) is 0 Å². The molecule has 2 heterocycles. The van der Waals surface area contributed by atoms with Crippen molar-refractivity contribution in [2.75, 3.05) is 6.54 Å². The highest BCUT2D eigenvalue weighted by Gasteiger charge is 2.49. The first-order valence-electron chi connectivity index (χ1n) is 7.28. The summed E-state index contributed by atoms with van der Waals surface area (Å²) in [5.74, 6) is -0.902. The first-order valence-corrected chi connectivity index (χ1v) is 7.28. The van der Waals surface area contributed by atoms with Gasteiger partial charge in [0.05, 0.1) is 0 Å². The molecule has 0 spiro atoms. The lowest BCUT2D eigenvalue weighted by Crippen LogP contribution is -2.55. The van der Waals surface area contributed by atoms with Crippen molar-refractivity contribution < 1.29 is 14.7 Å². The standard InChI is InChI=1S/C15H21N3O3/c1-2-6-15(13(19)20)7-3-10-18(15)14(21)17-11-12-4-8-16-9-5-12/h4-5,8-9H,2-3,6-7,10-11H2,1H3,(H,17,21)(H,19,20). The minimum Gasteiger partial charge on any atom is -0.479 e. The number of carboxylic acids is 1. The molecule has 1 aromatic rings. The van der Waals surface area contributed by atoms with Crippen LogP contribution in [0.25, 0.3) is 0 Å². The Morgan fingerprint density at radius 3 is 2.76 bits per heavy atom. The molecule has 2 N–H and O–H groups in total. The Kier molecular flexibility index (Phi) is 4.77. The van der Waals surface area contributed by atoms with Crippen LogP contribution < -0.4 is 5.32 Å². The van der Waals surface area contributed by atoms with Crippen LogP contribution >= 0.6 is 0 Å². The van der Waals surface area contributed by atoms with Crippen molar-refractivity contribution in [2.24, 2.45) is 0 Å². The summed E-state index contributed by atoms with van der Waals surface area (Å²) in [5.41, 5.74) is -0.106. The molecule has 21 heavy (non-hydrogen) atoms. The predicted octanol–water partition coefficient (Wildman–Crippen LogP) is 2.01. The van der Waals surface area contributed by atoms with Crippen molar-refractivity contribution in [3.05, 3.63) is 30.1 Å². The largest absolute Gasteiger partial charge is 0.479 e. The third-order valence-corrected chi connectivity index (χ3v) is 3.99. The van der Waals surface area contributed by atoms with Gasteiger partial charge in [0.1, 0.15) is 5.54 Å². The number of urea groups is 1. The van der Waals surface area contributed by atoms with Gasteiger partial charge in [-0.2, -0.15) is 0 Å². The van der Waals surface area contributed by atoms with Crippen LogP contribution in [0.3, 0.4) is 0 Å². The quantitative estimate of drug-likeness (QED) is 0.869. The molecule has 1 fully saturated rings. The first-order chi connectivity index (χ1) is 10.1. The third-order valence-electron chi connectivity index (χ3n) is 3.99. The Morgan fingerprint density at radius 2 is 2.14 bits per heavy atom. The minimum absolute atomic E-state index is 0.305. The minimum atomic E-state index is -1.04. The van der Waals surface area contributed by atoms with Crippen molar-refractivity contribution in [1.29, 1.82) is 0 Å². The van der Waals surface area contributed by atoms with E-state index < -0.39 is 11.5 Å². The van der Waals surface area contributed by atoms with E-state index in [9.17, 15) is 14.7 Å². The molecule has 6 nitrogen and oxygen atoms in total. The van der Waals surface area contributed by atoms with Crippen molar-refractivity contribution >= 4 is 12.0 Å². The summed E-state index contributed by atoms with van der Waals surface area (Å²) in [4.78, 5) is 29.4. The van der Waals surface area contributed by atoms with Crippen molar-refractivity contribution in [3.63, 3.8) is 0 Å². The molecule has 1 aliphatic heterocycles. The van der Waals surface area contributed by atoms with Gasteiger partial charge in [0.15, 0.2) is 0 Å². The lowest BCUT2D eigenvalue weighted by atomic mass is 9.91. The first kappa shape index (κ1) is 15.3. The summed E-state index contributed by atoms with van der Waals surface area (Å²) in [6.45, 7) is 2.81. The smallest absolute Gasteiger partial charge is 0.329 e. The van der Waals surface area contributed by atoms with Gasteiger partial charge >= 0.3 is 12.0 Å². The number of carboxylic acid groups (broad SMARTS) is 1. The lowest BCUT2D eigenvalue weighted by Gasteiger charge is -2.34. The second kappa shape index (κ2) is 6.56. The van der Waals surface area contributed by atoms with E-state index in [1.165, 1.54) is 4.90 Å². The van der Waals surface area contributed by atoms with Crippen molar-refractivity contribution in [3.8, 4) is 0 Å². The molecule has 2 amide bonds.